The Kier molecular flexibility index (Phi) is 6.87. The molecule has 1 heterocycles. The molecule has 8 heteroatoms. The maximum Gasteiger partial charge on any atom is 0.265 e. The molecule has 148 valence electrons. The topological polar surface area (TPSA) is 95.9 Å². The first-order valence-electron chi connectivity index (χ1n) is 8.84. The first-order valence-corrected chi connectivity index (χ1v) is 10.3. The van der Waals surface area contributed by atoms with Crippen LogP contribution in [0.3, 0.4) is 0 Å². The summed E-state index contributed by atoms with van der Waals surface area (Å²) < 4.78 is 30.3. The molecule has 1 amide bonds. The van der Waals surface area contributed by atoms with Crippen molar-refractivity contribution < 1.29 is 23.2 Å². The van der Waals surface area contributed by atoms with Crippen LogP contribution in [0.15, 0.2) is 29.2 Å². The van der Waals surface area contributed by atoms with Crippen LogP contribution in [0.25, 0.3) is 0 Å². The van der Waals surface area contributed by atoms with E-state index < -0.39 is 20.5 Å². The first-order chi connectivity index (χ1) is 12.8. The summed E-state index contributed by atoms with van der Waals surface area (Å²) in [5.74, 6) is 5.08. The van der Waals surface area contributed by atoms with Crippen molar-refractivity contribution in [2.24, 2.45) is 0 Å². The number of hydrogen-bond acceptors (Lipinski definition) is 6. The van der Waals surface area contributed by atoms with E-state index in [0.29, 0.717) is 18.8 Å². The molecule has 1 aliphatic rings. The molecule has 0 aromatic heterocycles. The summed E-state index contributed by atoms with van der Waals surface area (Å²) in [5.41, 5.74) is 1.56. The average molecular weight is 394 g/mol. The minimum absolute atomic E-state index is 0.0259. The summed E-state index contributed by atoms with van der Waals surface area (Å²) in [7, 11) is -4.01. The lowest BCUT2D eigenvalue weighted by Crippen LogP contribution is -2.58. The first kappa shape index (κ1) is 21.2. The van der Waals surface area contributed by atoms with Gasteiger partial charge in [-0.25, -0.2) is 13.9 Å². The highest BCUT2D eigenvalue weighted by Crippen LogP contribution is 2.36. The van der Waals surface area contributed by atoms with Gasteiger partial charge in [0.05, 0.1) is 4.90 Å². The fraction of sp³-hybridized carbons (Fsp3) is 0.526. The van der Waals surface area contributed by atoms with Crippen LogP contribution in [0.4, 0.5) is 0 Å². The molecular formula is C19H26N2O5S. The van der Waals surface area contributed by atoms with Crippen LogP contribution >= 0.6 is 0 Å². The molecule has 27 heavy (non-hydrogen) atoms. The van der Waals surface area contributed by atoms with Crippen molar-refractivity contribution in [2.45, 2.75) is 49.3 Å². The van der Waals surface area contributed by atoms with Gasteiger partial charge in [-0.15, -0.1) is 5.92 Å². The number of sulfone groups is 1. The highest BCUT2D eigenvalue weighted by atomic mass is 32.2. The van der Waals surface area contributed by atoms with Gasteiger partial charge in [0.15, 0.2) is 14.6 Å². The number of carbonyl (C=O) groups excluding carboxylic acids is 1. The van der Waals surface area contributed by atoms with E-state index in [-0.39, 0.29) is 30.4 Å². The number of rotatable bonds is 6. The molecule has 0 bridgehead atoms. The van der Waals surface area contributed by atoms with E-state index in [2.05, 4.69) is 16.7 Å². The summed E-state index contributed by atoms with van der Waals surface area (Å²) in [6, 6.07) is 6.18. The zero-order valence-corrected chi connectivity index (χ0v) is 16.7. The Bertz CT molecular complexity index is 814. The molecule has 7 nitrogen and oxygen atoms in total. The molecule has 0 radical (unpaired) electrons. The van der Waals surface area contributed by atoms with Gasteiger partial charge in [0, 0.05) is 19.1 Å². The number of hydrogen-bond donors (Lipinski definition) is 2. The van der Waals surface area contributed by atoms with Crippen molar-refractivity contribution in [2.75, 3.05) is 19.7 Å². The molecular weight excluding hydrogens is 368 g/mol. The second-order valence-electron chi connectivity index (χ2n) is 6.76. The Balaban J connectivity index is 2.32. The highest BCUT2D eigenvalue weighted by molar-refractivity contribution is 7.93. The molecule has 0 saturated carbocycles. The van der Waals surface area contributed by atoms with Gasteiger partial charge in [-0.2, -0.15) is 0 Å². The number of amides is 1. The Hall–Kier alpha value is -2.08. The molecule has 1 aliphatic heterocycles. The average Bonchev–Trinajstić information content (AvgIpc) is 2.67. The molecule has 1 fully saturated rings. The number of ether oxygens (including phenoxy) is 1. The summed E-state index contributed by atoms with van der Waals surface area (Å²) in [5, 5.41) is 9.19. The van der Waals surface area contributed by atoms with Crippen molar-refractivity contribution in [1.82, 2.24) is 10.4 Å². The second kappa shape index (κ2) is 8.74. The maximum atomic E-state index is 13.3. The van der Waals surface area contributed by atoms with Crippen molar-refractivity contribution in [3.05, 3.63) is 24.3 Å². The van der Waals surface area contributed by atoms with Gasteiger partial charge in [-0.05, 0) is 57.9 Å². The number of nitrogens with zero attached hydrogens (tertiary/aromatic N) is 1. The number of carbonyl (C=O) groups is 1. The zero-order chi connectivity index (χ0) is 20.1. The largest absolute Gasteiger partial charge is 0.481 e. The van der Waals surface area contributed by atoms with Crippen molar-refractivity contribution >= 4 is 15.7 Å². The minimum atomic E-state index is -4.01. The standard InChI is InChI=1S/C19H26N2O5S/c1-4-5-14-26-16-6-8-17(9-7-16)27(24,25)19(18(22)20-23)10-12-21(13-11-19)15(2)3/h6-9,15,23H,10-14H2,1-3H3,(H,20,22). The van der Waals surface area contributed by atoms with Crippen LogP contribution in [-0.4, -0.2) is 54.9 Å². The van der Waals surface area contributed by atoms with Crippen LogP contribution in [0.5, 0.6) is 5.75 Å². The fourth-order valence-electron chi connectivity index (χ4n) is 3.25. The lowest BCUT2D eigenvalue weighted by molar-refractivity contribution is -0.133. The minimum Gasteiger partial charge on any atom is -0.481 e. The quantitative estimate of drug-likeness (QED) is 0.432. The van der Waals surface area contributed by atoms with Gasteiger partial charge in [-0.1, -0.05) is 5.92 Å². The molecule has 2 N–H and O–H groups in total. The third kappa shape index (κ3) is 4.26. The van der Waals surface area contributed by atoms with E-state index in [1.807, 2.05) is 13.8 Å². The van der Waals surface area contributed by atoms with Gasteiger partial charge in [-0.3, -0.25) is 10.0 Å². The van der Waals surface area contributed by atoms with Gasteiger partial charge < -0.3 is 9.64 Å². The smallest absolute Gasteiger partial charge is 0.265 e. The van der Waals surface area contributed by atoms with Crippen molar-refractivity contribution in [3.63, 3.8) is 0 Å². The van der Waals surface area contributed by atoms with Crippen LogP contribution in [0, 0.1) is 11.8 Å². The number of benzene rings is 1. The fourth-order valence-corrected chi connectivity index (χ4v) is 5.21. The van der Waals surface area contributed by atoms with Crippen LogP contribution < -0.4 is 10.2 Å². The van der Waals surface area contributed by atoms with Gasteiger partial charge >= 0.3 is 0 Å². The van der Waals surface area contributed by atoms with Crippen LogP contribution in [0.1, 0.15) is 33.6 Å². The molecule has 0 spiro atoms. The molecule has 1 saturated heterocycles. The number of nitrogens with one attached hydrogen (secondary N) is 1. The Morgan fingerprint density at radius 1 is 1.30 bits per heavy atom. The monoisotopic (exact) mass is 394 g/mol. The highest BCUT2D eigenvalue weighted by Gasteiger charge is 2.53. The van der Waals surface area contributed by atoms with E-state index >= 15 is 0 Å². The van der Waals surface area contributed by atoms with Gasteiger partial charge in [0.2, 0.25) is 0 Å². The van der Waals surface area contributed by atoms with Crippen molar-refractivity contribution in [1.29, 1.82) is 0 Å². The Labute approximate surface area is 160 Å². The number of hydroxylamine groups is 1. The molecule has 1 aromatic carbocycles. The van der Waals surface area contributed by atoms with E-state index in [1.54, 1.807) is 12.4 Å². The molecule has 0 unspecified atom stereocenters. The predicted molar refractivity (Wildman–Crippen MR) is 101 cm³/mol. The number of likely N-dealkylation sites (tertiary alicyclic amines) is 1. The maximum absolute atomic E-state index is 13.3. The van der Waals surface area contributed by atoms with E-state index in [0.717, 1.165) is 0 Å². The van der Waals surface area contributed by atoms with Crippen LogP contribution in [0.2, 0.25) is 0 Å². The SMILES string of the molecule is CC#CCOc1ccc(S(=O)(=O)C2(C(=O)NO)CCN(C(C)C)CC2)cc1. The van der Waals surface area contributed by atoms with Crippen LogP contribution in [-0.2, 0) is 14.6 Å². The zero-order valence-electron chi connectivity index (χ0n) is 15.9. The molecule has 0 atom stereocenters. The van der Waals surface area contributed by atoms with E-state index in [1.165, 1.54) is 24.3 Å². The Morgan fingerprint density at radius 3 is 2.37 bits per heavy atom. The third-order valence-corrected chi connectivity index (χ3v) is 7.50. The lowest BCUT2D eigenvalue weighted by Gasteiger charge is -2.40. The third-order valence-electron chi connectivity index (χ3n) is 4.99. The van der Waals surface area contributed by atoms with Gasteiger partial charge in [0.1, 0.15) is 12.4 Å². The summed E-state index contributed by atoms with van der Waals surface area (Å²) in [6.07, 6.45) is 0.231. The normalized spacial score (nSPS) is 17.1. The molecule has 2 rings (SSSR count). The lowest BCUT2D eigenvalue weighted by atomic mass is 9.94. The van der Waals surface area contributed by atoms with Crippen molar-refractivity contribution in [3.8, 4) is 17.6 Å². The molecule has 1 aromatic rings. The Morgan fingerprint density at radius 2 is 1.89 bits per heavy atom. The second-order valence-corrected chi connectivity index (χ2v) is 9.01. The summed E-state index contributed by atoms with van der Waals surface area (Å²) >= 11 is 0. The number of piperidine rings is 1. The predicted octanol–water partition coefficient (Wildman–Crippen LogP) is 1.61. The van der Waals surface area contributed by atoms with Gasteiger partial charge in [0.25, 0.3) is 5.91 Å². The summed E-state index contributed by atoms with van der Waals surface area (Å²) in [6.45, 7) is 6.88. The van der Waals surface area contributed by atoms with E-state index in [4.69, 9.17) is 4.74 Å². The molecule has 0 aliphatic carbocycles. The summed E-state index contributed by atoms with van der Waals surface area (Å²) in [4.78, 5) is 14.6. The van der Waals surface area contributed by atoms with E-state index in [9.17, 15) is 18.4 Å².